The zero-order valence-corrected chi connectivity index (χ0v) is 17.9. The van der Waals surface area contributed by atoms with Crippen molar-refractivity contribution in [2.75, 3.05) is 17.6 Å². The lowest BCUT2D eigenvalue weighted by Gasteiger charge is -2.20. The largest absolute Gasteiger partial charge is 0.481 e. The van der Waals surface area contributed by atoms with Crippen LogP contribution in [0.4, 0.5) is 10.3 Å². The molecule has 0 aliphatic heterocycles. The molecule has 0 radical (unpaired) electrons. The summed E-state index contributed by atoms with van der Waals surface area (Å²) in [6.45, 7) is 3.71. The van der Waals surface area contributed by atoms with Gasteiger partial charge in [0.2, 0.25) is 16.0 Å². The van der Waals surface area contributed by atoms with Gasteiger partial charge >= 0.3 is 5.97 Å². The van der Waals surface area contributed by atoms with Crippen molar-refractivity contribution in [2.24, 2.45) is 0 Å². The molecule has 1 atom stereocenters. The van der Waals surface area contributed by atoms with Gasteiger partial charge in [-0.1, -0.05) is 26.0 Å². The molecule has 0 aliphatic carbocycles. The summed E-state index contributed by atoms with van der Waals surface area (Å²) in [6.07, 6.45) is 2.13. The number of rotatable bonds is 8. The zero-order valence-electron chi connectivity index (χ0n) is 17.1. The van der Waals surface area contributed by atoms with Gasteiger partial charge in [0.1, 0.15) is 5.82 Å². The maximum absolute atomic E-state index is 13.4. The number of aliphatic hydroxyl groups is 1. The lowest BCUT2D eigenvalue weighted by atomic mass is 9.97. The van der Waals surface area contributed by atoms with Crippen molar-refractivity contribution in [3.8, 4) is 11.3 Å². The second-order valence-corrected chi connectivity index (χ2v) is 9.10. The number of carboxylic acid groups (broad SMARTS) is 1. The second-order valence-electron chi connectivity index (χ2n) is 7.09. The molecular formula is C20H24FN3O5S. The third kappa shape index (κ3) is 5.83. The highest BCUT2D eigenvalue weighted by atomic mass is 32.2. The first-order valence-electron chi connectivity index (χ1n) is 9.10. The molecule has 10 heteroatoms. The summed E-state index contributed by atoms with van der Waals surface area (Å²) >= 11 is 0. The molecule has 0 aliphatic rings. The van der Waals surface area contributed by atoms with E-state index in [0.29, 0.717) is 22.5 Å². The molecule has 0 saturated carbocycles. The first-order valence-corrected chi connectivity index (χ1v) is 10.9. The van der Waals surface area contributed by atoms with Crippen LogP contribution in [0, 0.1) is 5.82 Å². The van der Waals surface area contributed by atoms with Crippen LogP contribution in [0.5, 0.6) is 0 Å². The van der Waals surface area contributed by atoms with Gasteiger partial charge in [0.15, 0.2) is 0 Å². The fourth-order valence-electron chi connectivity index (χ4n) is 2.65. The number of aliphatic hydroxyl groups excluding tert-OH is 1. The first kappa shape index (κ1) is 23.4. The van der Waals surface area contributed by atoms with Crippen molar-refractivity contribution in [2.45, 2.75) is 32.3 Å². The van der Waals surface area contributed by atoms with Gasteiger partial charge in [-0.3, -0.25) is 4.79 Å². The van der Waals surface area contributed by atoms with Crippen LogP contribution in [-0.2, 0) is 14.8 Å². The summed E-state index contributed by atoms with van der Waals surface area (Å²) in [5.74, 6) is -1.81. The van der Waals surface area contributed by atoms with Gasteiger partial charge in [-0.25, -0.2) is 27.1 Å². The summed E-state index contributed by atoms with van der Waals surface area (Å²) in [4.78, 5) is 19.6. The van der Waals surface area contributed by atoms with Crippen LogP contribution < -0.4 is 4.31 Å². The fourth-order valence-corrected chi connectivity index (χ4v) is 3.03. The lowest BCUT2D eigenvalue weighted by molar-refractivity contribution is -0.138. The van der Waals surface area contributed by atoms with E-state index in [2.05, 4.69) is 9.97 Å². The molecule has 1 aromatic carbocycles. The maximum Gasteiger partial charge on any atom is 0.306 e. The molecule has 0 unspecified atom stereocenters. The van der Waals surface area contributed by atoms with Crippen LogP contribution in [0.25, 0.3) is 17.3 Å². The molecule has 2 rings (SSSR count). The average Bonchev–Trinajstić information content (AvgIpc) is 2.64. The third-order valence-corrected chi connectivity index (χ3v) is 5.43. The van der Waals surface area contributed by atoms with E-state index < -0.39 is 34.3 Å². The normalized spacial score (nSPS) is 13.0. The van der Waals surface area contributed by atoms with E-state index in [4.69, 9.17) is 5.11 Å². The zero-order chi connectivity index (χ0) is 22.6. The average molecular weight is 437 g/mol. The Balaban J connectivity index is 2.74. The van der Waals surface area contributed by atoms with Crippen molar-refractivity contribution < 1.29 is 27.8 Å². The molecule has 30 heavy (non-hydrogen) atoms. The molecule has 8 nitrogen and oxygen atoms in total. The SMILES string of the molecule is CC(C)c1nc(N(C)S(C)(=O)=O)nc(-c2ccc(F)cc2)c1/C=C/[C@H](O)CC(=O)O. The summed E-state index contributed by atoms with van der Waals surface area (Å²) < 4.78 is 38.4. The van der Waals surface area contributed by atoms with Crippen LogP contribution in [0.3, 0.4) is 0 Å². The molecule has 162 valence electrons. The number of halogens is 1. The van der Waals surface area contributed by atoms with E-state index in [1.54, 1.807) is 0 Å². The number of hydrogen-bond donors (Lipinski definition) is 2. The summed E-state index contributed by atoms with van der Waals surface area (Å²) in [7, 11) is -2.30. The minimum absolute atomic E-state index is 0.0521. The van der Waals surface area contributed by atoms with Crippen LogP contribution >= 0.6 is 0 Å². The Kier molecular flexibility index (Phi) is 7.27. The van der Waals surface area contributed by atoms with Crippen LogP contribution in [0.2, 0.25) is 0 Å². The van der Waals surface area contributed by atoms with Crippen LogP contribution in [0.15, 0.2) is 30.3 Å². The van der Waals surface area contributed by atoms with Gasteiger partial charge in [0, 0.05) is 18.2 Å². The van der Waals surface area contributed by atoms with Gasteiger partial charge < -0.3 is 10.2 Å². The molecule has 0 amide bonds. The Labute approximate surface area is 174 Å². The van der Waals surface area contributed by atoms with E-state index in [-0.39, 0.29) is 11.9 Å². The van der Waals surface area contributed by atoms with Crippen LogP contribution in [0.1, 0.15) is 37.4 Å². The summed E-state index contributed by atoms with van der Waals surface area (Å²) in [6, 6.07) is 5.49. The molecule has 0 spiro atoms. The van der Waals surface area contributed by atoms with Crippen molar-refractivity contribution in [3.63, 3.8) is 0 Å². The van der Waals surface area contributed by atoms with Crippen molar-refractivity contribution in [3.05, 3.63) is 47.4 Å². The third-order valence-electron chi connectivity index (χ3n) is 4.28. The predicted octanol–water partition coefficient (Wildman–Crippen LogP) is 2.65. The number of carboxylic acids is 1. The van der Waals surface area contributed by atoms with Gasteiger partial charge in [0.25, 0.3) is 0 Å². The second kappa shape index (κ2) is 9.31. The number of sulfonamides is 1. The van der Waals surface area contributed by atoms with E-state index in [0.717, 1.165) is 10.6 Å². The number of aromatic nitrogens is 2. The number of nitrogens with zero attached hydrogens (tertiary/aromatic N) is 3. The highest BCUT2D eigenvalue weighted by Crippen LogP contribution is 2.31. The summed E-state index contributed by atoms with van der Waals surface area (Å²) in [5.41, 5.74) is 1.81. The van der Waals surface area contributed by atoms with Crippen LogP contribution in [-0.4, -0.2) is 54.0 Å². The molecule has 2 aromatic rings. The lowest BCUT2D eigenvalue weighted by Crippen LogP contribution is -2.27. The van der Waals surface area contributed by atoms with Crippen molar-refractivity contribution in [1.29, 1.82) is 0 Å². The van der Waals surface area contributed by atoms with Crippen molar-refractivity contribution >= 4 is 28.0 Å². The Hall–Kier alpha value is -2.85. The Morgan fingerprint density at radius 2 is 1.83 bits per heavy atom. The van der Waals surface area contributed by atoms with E-state index in [1.807, 2.05) is 13.8 Å². The Morgan fingerprint density at radius 1 is 1.23 bits per heavy atom. The number of anilines is 1. The molecular weight excluding hydrogens is 413 g/mol. The molecule has 0 bridgehead atoms. The van der Waals surface area contributed by atoms with E-state index in [1.165, 1.54) is 43.5 Å². The standard InChI is InChI=1S/C20H24FN3O5S/c1-12(2)18-16(10-9-15(25)11-17(26)27)19(13-5-7-14(21)8-6-13)23-20(22-18)24(3)30(4,28)29/h5-10,12,15,25H,11H2,1-4H3,(H,26,27)/b10-9+/t15-/m0/s1. The topological polar surface area (TPSA) is 121 Å². The number of hydrogen-bond acceptors (Lipinski definition) is 6. The molecule has 0 fully saturated rings. The minimum atomic E-state index is -3.63. The first-order chi connectivity index (χ1) is 13.9. The maximum atomic E-state index is 13.4. The van der Waals surface area contributed by atoms with Gasteiger partial charge in [0.05, 0.1) is 30.2 Å². The number of aliphatic carboxylic acids is 1. The van der Waals surface area contributed by atoms with Gasteiger partial charge in [-0.15, -0.1) is 0 Å². The minimum Gasteiger partial charge on any atom is -0.481 e. The fraction of sp³-hybridized carbons (Fsp3) is 0.350. The molecule has 1 aromatic heterocycles. The van der Waals surface area contributed by atoms with E-state index >= 15 is 0 Å². The molecule has 0 saturated heterocycles. The Bertz CT molecular complexity index is 1050. The molecule has 1 heterocycles. The Morgan fingerprint density at radius 3 is 2.33 bits per heavy atom. The highest BCUT2D eigenvalue weighted by Gasteiger charge is 2.22. The van der Waals surface area contributed by atoms with E-state index in [9.17, 15) is 22.7 Å². The quantitative estimate of drug-likeness (QED) is 0.651. The number of carbonyl (C=O) groups is 1. The number of benzene rings is 1. The van der Waals surface area contributed by atoms with Gasteiger partial charge in [-0.05, 0) is 30.2 Å². The molecule has 2 N–H and O–H groups in total. The van der Waals surface area contributed by atoms with Gasteiger partial charge in [-0.2, -0.15) is 0 Å². The smallest absolute Gasteiger partial charge is 0.306 e. The highest BCUT2D eigenvalue weighted by molar-refractivity contribution is 7.92. The summed E-state index contributed by atoms with van der Waals surface area (Å²) in [5, 5.41) is 18.8. The predicted molar refractivity (Wildman–Crippen MR) is 112 cm³/mol. The van der Waals surface area contributed by atoms with Crippen molar-refractivity contribution in [1.82, 2.24) is 9.97 Å². The monoisotopic (exact) mass is 437 g/mol.